The number of hydrogen-bond acceptors (Lipinski definition) is 3. The number of hydrogen-bond donors (Lipinski definition) is 1. The molecule has 0 aliphatic carbocycles. The number of amides is 1. The maximum atomic E-state index is 13.0. The fourth-order valence-electron chi connectivity index (χ4n) is 3.38. The van der Waals surface area contributed by atoms with Gasteiger partial charge in [0.15, 0.2) is 5.78 Å². The molecule has 5 heteroatoms. The van der Waals surface area contributed by atoms with E-state index >= 15 is 0 Å². The van der Waals surface area contributed by atoms with E-state index < -0.39 is 24.6 Å². The molecule has 1 amide bonds. The number of rotatable bonds is 3. The van der Waals surface area contributed by atoms with Crippen LogP contribution in [0.15, 0.2) is 60.7 Å². The van der Waals surface area contributed by atoms with Crippen molar-refractivity contribution in [3.8, 4) is 0 Å². The summed E-state index contributed by atoms with van der Waals surface area (Å²) in [5.41, 5.74) is -0.587. The van der Waals surface area contributed by atoms with E-state index in [2.05, 4.69) is 29.6 Å². The largest absolute Gasteiger partial charge is 0.444 e. The quantitative estimate of drug-likeness (QED) is 0.828. The number of Topliss-reactive ketones (excluding diaryl/α,β-unsaturated/α-hetero) is 1. The van der Waals surface area contributed by atoms with E-state index in [0.717, 1.165) is 6.16 Å². The van der Waals surface area contributed by atoms with Crippen molar-refractivity contribution in [2.45, 2.75) is 38.8 Å². The SMILES string of the molecule is CC(C)(C)OC(=O)NC1CCP(c2ccccc2)(c2ccccc2)=CC1=O. The van der Waals surface area contributed by atoms with Gasteiger partial charge < -0.3 is 10.1 Å². The van der Waals surface area contributed by atoms with Crippen LogP contribution in [-0.2, 0) is 9.53 Å². The molecule has 27 heavy (non-hydrogen) atoms. The van der Waals surface area contributed by atoms with Crippen LogP contribution in [0, 0.1) is 0 Å². The summed E-state index contributed by atoms with van der Waals surface area (Å²) < 4.78 is 5.30. The Hall–Kier alpha value is -2.32. The molecule has 1 atom stereocenters. The number of ketones is 1. The number of carbonyl (C=O) groups is 2. The average molecular weight is 383 g/mol. The van der Waals surface area contributed by atoms with E-state index in [4.69, 9.17) is 4.74 Å². The van der Waals surface area contributed by atoms with Crippen molar-refractivity contribution in [3.63, 3.8) is 0 Å². The van der Waals surface area contributed by atoms with Crippen molar-refractivity contribution in [1.29, 1.82) is 0 Å². The molecule has 2 aromatic rings. The predicted molar refractivity (Wildman–Crippen MR) is 113 cm³/mol. The molecular weight excluding hydrogens is 357 g/mol. The zero-order chi connectivity index (χ0) is 19.5. The maximum Gasteiger partial charge on any atom is 0.408 e. The molecule has 1 unspecified atom stereocenters. The fraction of sp³-hybridized carbons (Fsp3) is 0.318. The van der Waals surface area contributed by atoms with Crippen LogP contribution in [0.3, 0.4) is 0 Å². The first-order chi connectivity index (χ1) is 12.8. The van der Waals surface area contributed by atoms with Gasteiger partial charge in [-0.05, 0) is 56.6 Å². The Morgan fingerprint density at radius 1 is 1.00 bits per heavy atom. The van der Waals surface area contributed by atoms with Crippen LogP contribution in [0.2, 0.25) is 0 Å². The lowest BCUT2D eigenvalue weighted by Crippen LogP contribution is -2.47. The summed E-state index contributed by atoms with van der Waals surface area (Å²) >= 11 is 0. The van der Waals surface area contributed by atoms with Crippen LogP contribution in [0.5, 0.6) is 0 Å². The van der Waals surface area contributed by atoms with Crippen molar-refractivity contribution in [3.05, 3.63) is 60.7 Å². The van der Waals surface area contributed by atoms with Gasteiger partial charge in [0.25, 0.3) is 0 Å². The Labute approximate surface area is 160 Å². The van der Waals surface area contributed by atoms with Crippen LogP contribution in [0.1, 0.15) is 27.2 Å². The van der Waals surface area contributed by atoms with Gasteiger partial charge in [0.1, 0.15) is 5.60 Å². The maximum absolute atomic E-state index is 13.0. The van der Waals surface area contributed by atoms with Gasteiger partial charge >= 0.3 is 6.09 Å². The Morgan fingerprint density at radius 2 is 1.52 bits per heavy atom. The van der Waals surface area contributed by atoms with E-state index in [1.165, 1.54) is 10.6 Å². The molecule has 0 radical (unpaired) electrons. The summed E-state index contributed by atoms with van der Waals surface area (Å²) in [5, 5.41) is 5.13. The normalized spacial score (nSPS) is 19.1. The smallest absolute Gasteiger partial charge is 0.408 e. The Bertz CT molecular complexity index is 826. The molecule has 1 heterocycles. The third kappa shape index (κ3) is 4.51. The van der Waals surface area contributed by atoms with Gasteiger partial charge in [0.2, 0.25) is 0 Å². The molecule has 0 aromatic heterocycles. The van der Waals surface area contributed by atoms with Crippen LogP contribution >= 0.6 is 6.89 Å². The molecule has 0 bridgehead atoms. The number of carbonyl (C=O) groups excluding carboxylic acids is 2. The van der Waals surface area contributed by atoms with E-state index in [9.17, 15) is 9.59 Å². The lowest BCUT2D eigenvalue weighted by Gasteiger charge is -2.33. The molecule has 1 N–H and O–H groups in total. The molecule has 3 rings (SSSR count). The predicted octanol–water partition coefficient (Wildman–Crippen LogP) is 3.32. The monoisotopic (exact) mass is 383 g/mol. The lowest BCUT2D eigenvalue weighted by atomic mass is 10.1. The van der Waals surface area contributed by atoms with Crippen molar-refractivity contribution >= 4 is 35.2 Å². The summed E-state index contributed by atoms with van der Waals surface area (Å²) in [5.74, 6) is 1.84. The Balaban J connectivity index is 1.94. The molecule has 1 aliphatic rings. The van der Waals surface area contributed by atoms with Gasteiger partial charge in [-0.25, -0.2) is 4.79 Å². The van der Waals surface area contributed by atoms with Crippen molar-refractivity contribution in [2.75, 3.05) is 6.16 Å². The minimum Gasteiger partial charge on any atom is -0.444 e. The molecule has 0 spiro atoms. The number of alkyl carbamates (subject to hydrolysis) is 1. The van der Waals surface area contributed by atoms with E-state index in [1.54, 1.807) is 0 Å². The molecular formula is C22H26NO3P. The highest BCUT2D eigenvalue weighted by molar-refractivity contribution is 7.89. The second-order valence-electron chi connectivity index (χ2n) is 7.78. The first kappa shape index (κ1) is 19.4. The minimum atomic E-state index is -1.94. The first-order valence-corrected chi connectivity index (χ1v) is 11.2. The van der Waals surface area contributed by atoms with Gasteiger partial charge in [0, 0.05) is 0 Å². The zero-order valence-electron chi connectivity index (χ0n) is 16.0. The highest BCUT2D eigenvalue weighted by Gasteiger charge is 2.33. The number of ether oxygens (including phenoxy) is 1. The summed E-state index contributed by atoms with van der Waals surface area (Å²) in [6.45, 7) is 3.49. The third-order valence-electron chi connectivity index (χ3n) is 4.59. The van der Waals surface area contributed by atoms with Crippen LogP contribution in [0.4, 0.5) is 4.79 Å². The van der Waals surface area contributed by atoms with E-state index in [0.29, 0.717) is 6.42 Å². The highest BCUT2D eigenvalue weighted by Crippen LogP contribution is 2.47. The molecule has 0 saturated carbocycles. The lowest BCUT2D eigenvalue weighted by molar-refractivity contribution is -0.114. The minimum absolute atomic E-state index is 0.0341. The molecule has 1 aliphatic heterocycles. The highest BCUT2D eigenvalue weighted by atomic mass is 31.2. The second kappa shape index (κ2) is 7.74. The fourth-order valence-corrected chi connectivity index (χ4v) is 7.31. The summed E-state index contributed by atoms with van der Waals surface area (Å²) in [7, 11) is 0. The second-order valence-corrected chi connectivity index (χ2v) is 11.3. The van der Waals surface area contributed by atoms with Crippen LogP contribution in [-0.4, -0.2) is 35.5 Å². The van der Waals surface area contributed by atoms with Gasteiger partial charge in [-0.1, -0.05) is 60.7 Å². The van der Waals surface area contributed by atoms with Gasteiger partial charge in [0.05, 0.1) is 6.04 Å². The van der Waals surface area contributed by atoms with Crippen molar-refractivity contribution in [2.24, 2.45) is 0 Å². The average Bonchev–Trinajstić information content (AvgIpc) is 2.63. The summed E-state index contributed by atoms with van der Waals surface area (Å²) in [4.78, 5) is 25.0. The topological polar surface area (TPSA) is 55.4 Å². The first-order valence-electron chi connectivity index (χ1n) is 9.18. The summed E-state index contributed by atoms with van der Waals surface area (Å²) in [6.07, 6.45) is 0.902. The Morgan fingerprint density at radius 3 is 1.96 bits per heavy atom. The molecule has 142 valence electrons. The van der Waals surface area contributed by atoms with Gasteiger partial charge in [-0.3, -0.25) is 4.79 Å². The Kier molecular flexibility index (Phi) is 5.57. The van der Waals surface area contributed by atoms with Crippen LogP contribution < -0.4 is 15.9 Å². The van der Waals surface area contributed by atoms with Crippen molar-refractivity contribution in [1.82, 2.24) is 5.32 Å². The standard InChI is InChI=1S/C22H26NO3P/c1-22(2,3)26-21(25)23-19-14-15-27(16-20(19)24,17-10-6-4-7-11-17)18-12-8-5-9-13-18/h4-13,16,19H,14-15H2,1-3H3,(H,23,25). The zero-order valence-corrected chi connectivity index (χ0v) is 16.9. The summed E-state index contributed by atoms with van der Waals surface area (Å²) in [6, 6.07) is 19.9. The van der Waals surface area contributed by atoms with Crippen molar-refractivity contribution < 1.29 is 14.3 Å². The third-order valence-corrected chi connectivity index (χ3v) is 8.68. The van der Waals surface area contributed by atoms with E-state index in [-0.39, 0.29) is 5.78 Å². The van der Waals surface area contributed by atoms with Gasteiger partial charge in [-0.2, -0.15) is 0 Å². The molecule has 2 aromatic carbocycles. The molecule has 4 nitrogen and oxygen atoms in total. The van der Waals surface area contributed by atoms with Gasteiger partial charge in [-0.15, -0.1) is 0 Å². The van der Waals surface area contributed by atoms with Crippen LogP contribution in [0.25, 0.3) is 0 Å². The van der Waals surface area contributed by atoms with E-state index in [1.807, 2.05) is 63.0 Å². The molecule has 0 saturated heterocycles. The number of nitrogens with one attached hydrogen (secondary N) is 1. The number of benzene rings is 2. The molecule has 0 fully saturated rings.